The number of thioether (sulfide) groups is 1. The molecular formula is C19H28N2O2S. The molecule has 2 fully saturated rings. The molecule has 1 aliphatic carbocycles. The summed E-state index contributed by atoms with van der Waals surface area (Å²) in [6, 6.07) is 8.73. The van der Waals surface area contributed by atoms with Crippen molar-refractivity contribution in [1.29, 1.82) is 0 Å². The van der Waals surface area contributed by atoms with Gasteiger partial charge in [-0.3, -0.25) is 9.69 Å². The summed E-state index contributed by atoms with van der Waals surface area (Å²) >= 11 is 1.70. The average Bonchev–Trinajstić information content (AvgIpc) is 3.41. The van der Waals surface area contributed by atoms with Crippen molar-refractivity contribution in [2.75, 3.05) is 33.5 Å². The first-order valence-corrected chi connectivity index (χ1v) is 10.00. The van der Waals surface area contributed by atoms with Gasteiger partial charge in [-0.05, 0) is 69.1 Å². The Morgan fingerprint density at radius 1 is 1.38 bits per heavy atom. The standard InChI is InChI=1S/C19H28N2O2S/c1-21-12-4-5-15(13-20-18(22)19(24-3)10-11-19)17(21)14-6-8-16(23-2)9-7-14/h6-9,15,17H,4-5,10-13H2,1-3H3,(H,20,22)/t15-,17-/m1/s1. The van der Waals surface area contributed by atoms with Gasteiger partial charge in [0.1, 0.15) is 5.75 Å². The van der Waals surface area contributed by atoms with Crippen molar-refractivity contribution in [3.8, 4) is 5.75 Å². The maximum absolute atomic E-state index is 12.4. The lowest BCUT2D eigenvalue weighted by atomic mass is 9.85. The Labute approximate surface area is 149 Å². The van der Waals surface area contributed by atoms with Crippen LogP contribution in [0.25, 0.3) is 0 Å². The molecule has 1 aromatic rings. The molecule has 2 atom stereocenters. The Bertz CT molecular complexity index is 571. The third-order valence-corrected chi connectivity index (χ3v) is 6.87. The molecule has 0 bridgehead atoms. The molecule has 0 aromatic heterocycles. The monoisotopic (exact) mass is 348 g/mol. The van der Waals surface area contributed by atoms with E-state index in [1.807, 2.05) is 18.4 Å². The highest BCUT2D eigenvalue weighted by atomic mass is 32.2. The minimum absolute atomic E-state index is 0.129. The number of methoxy groups -OCH3 is 1. The van der Waals surface area contributed by atoms with E-state index < -0.39 is 0 Å². The van der Waals surface area contributed by atoms with Gasteiger partial charge in [-0.25, -0.2) is 0 Å². The third kappa shape index (κ3) is 3.57. The van der Waals surface area contributed by atoms with Crippen LogP contribution in [0.3, 0.4) is 0 Å². The van der Waals surface area contributed by atoms with Crippen molar-refractivity contribution in [2.24, 2.45) is 5.92 Å². The fraction of sp³-hybridized carbons (Fsp3) is 0.632. The Balaban J connectivity index is 1.68. The number of hydrogen-bond acceptors (Lipinski definition) is 4. The van der Waals surface area contributed by atoms with Gasteiger partial charge in [0.15, 0.2) is 0 Å². The fourth-order valence-corrected chi connectivity index (χ4v) is 4.59. The minimum Gasteiger partial charge on any atom is -0.497 e. The summed E-state index contributed by atoms with van der Waals surface area (Å²) in [4.78, 5) is 14.9. The van der Waals surface area contributed by atoms with Crippen molar-refractivity contribution in [2.45, 2.75) is 36.5 Å². The predicted molar refractivity (Wildman–Crippen MR) is 99.6 cm³/mol. The molecule has 1 amide bonds. The first-order chi connectivity index (χ1) is 11.6. The van der Waals surface area contributed by atoms with E-state index in [9.17, 15) is 4.79 Å². The number of rotatable bonds is 6. The van der Waals surface area contributed by atoms with Crippen LogP contribution in [0.1, 0.15) is 37.3 Å². The fourth-order valence-electron chi connectivity index (χ4n) is 3.82. The molecule has 4 nitrogen and oxygen atoms in total. The van der Waals surface area contributed by atoms with E-state index in [2.05, 4.69) is 29.4 Å². The zero-order chi connectivity index (χ0) is 17.2. The van der Waals surface area contributed by atoms with Gasteiger partial charge in [-0.2, -0.15) is 0 Å². The lowest BCUT2D eigenvalue weighted by molar-refractivity contribution is -0.121. The number of ether oxygens (including phenoxy) is 1. The van der Waals surface area contributed by atoms with Crippen LogP contribution in [0.2, 0.25) is 0 Å². The Morgan fingerprint density at radius 2 is 2.08 bits per heavy atom. The van der Waals surface area contributed by atoms with E-state index in [0.29, 0.717) is 12.0 Å². The first-order valence-electron chi connectivity index (χ1n) is 8.77. The number of likely N-dealkylation sites (tertiary alicyclic amines) is 1. The summed E-state index contributed by atoms with van der Waals surface area (Å²) in [5.41, 5.74) is 1.31. The van der Waals surface area contributed by atoms with Crippen molar-refractivity contribution < 1.29 is 9.53 Å². The topological polar surface area (TPSA) is 41.6 Å². The zero-order valence-corrected chi connectivity index (χ0v) is 15.7. The normalized spacial score (nSPS) is 26.0. The summed E-state index contributed by atoms with van der Waals surface area (Å²) in [6.45, 7) is 1.87. The second kappa shape index (κ2) is 7.36. The number of amides is 1. The summed E-state index contributed by atoms with van der Waals surface area (Å²) in [6.07, 6.45) is 6.44. The molecule has 24 heavy (non-hydrogen) atoms. The number of carbonyl (C=O) groups excluding carboxylic acids is 1. The highest BCUT2D eigenvalue weighted by Crippen LogP contribution is 2.47. The van der Waals surface area contributed by atoms with Crippen LogP contribution in [0.4, 0.5) is 0 Å². The number of carbonyl (C=O) groups is 1. The number of hydrogen-bond donors (Lipinski definition) is 1. The summed E-state index contributed by atoms with van der Waals surface area (Å²) in [5.74, 6) is 1.58. The molecule has 1 heterocycles. The van der Waals surface area contributed by atoms with Crippen molar-refractivity contribution >= 4 is 17.7 Å². The Morgan fingerprint density at radius 3 is 2.67 bits per heavy atom. The number of nitrogens with zero attached hydrogens (tertiary/aromatic N) is 1. The minimum atomic E-state index is -0.129. The molecule has 5 heteroatoms. The molecular weight excluding hydrogens is 320 g/mol. The van der Waals surface area contributed by atoms with Crippen LogP contribution in [0.5, 0.6) is 5.75 Å². The highest BCUT2D eigenvalue weighted by molar-refractivity contribution is 8.01. The molecule has 0 unspecified atom stereocenters. The summed E-state index contributed by atoms with van der Waals surface area (Å²) < 4.78 is 5.14. The Kier molecular flexibility index (Phi) is 5.40. The zero-order valence-electron chi connectivity index (χ0n) is 14.9. The quantitative estimate of drug-likeness (QED) is 0.858. The predicted octanol–water partition coefficient (Wildman–Crippen LogP) is 3.09. The van der Waals surface area contributed by atoms with Crippen LogP contribution in [0.15, 0.2) is 24.3 Å². The molecule has 1 aromatic carbocycles. The average molecular weight is 349 g/mol. The van der Waals surface area contributed by atoms with Crippen LogP contribution < -0.4 is 10.1 Å². The SMILES string of the molecule is COc1ccc([C@@H]2[C@@H](CNC(=O)C3(SC)CC3)CCCN2C)cc1. The Hall–Kier alpha value is -1.20. The number of benzene rings is 1. The van der Waals surface area contributed by atoms with Crippen LogP contribution in [0, 0.1) is 5.92 Å². The van der Waals surface area contributed by atoms with E-state index in [1.54, 1.807) is 18.9 Å². The van der Waals surface area contributed by atoms with Gasteiger partial charge in [0.25, 0.3) is 0 Å². The van der Waals surface area contributed by atoms with Gasteiger partial charge in [0, 0.05) is 12.6 Å². The molecule has 0 spiro atoms. The van der Waals surface area contributed by atoms with Crippen molar-refractivity contribution in [3.63, 3.8) is 0 Å². The van der Waals surface area contributed by atoms with Crippen molar-refractivity contribution in [1.82, 2.24) is 10.2 Å². The van der Waals surface area contributed by atoms with Crippen LogP contribution in [-0.2, 0) is 4.79 Å². The maximum Gasteiger partial charge on any atom is 0.236 e. The number of nitrogens with one attached hydrogen (secondary N) is 1. The smallest absolute Gasteiger partial charge is 0.236 e. The van der Waals surface area contributed by atoms with Gasteiger partial charge in [-0.15, -0.1) is 11.8 Å². The molecule has 1 saturated heterocycles. The van der Waals surface area contributed by atoms with Crippen LogP contribution in [-0.4, -0.2) is 49.1 Å². The van der Waals surface area contributed by atoms with Gasteiger partial charge < -0.3 is 10.1 Å². The first kappa shape index (κ1) is 17.6. The largest absolute Gasteiger partial charge is 0.497 e. The van der Waals surface area contributed by atoms with Gasteiger partial charge >= 0.3 is 0 Å². The van der Waals surface area contributed by atoms with E-state index in [4.69, 9.17) is 4.74 Å². The van der Waals surface area contributed by atoms with E-state index in [0.717, 1.165) is 38.1 Å². The highest BCUT2D eigenvalue weighted by Gasteiger charge is 2.49. The van der Waals surface area contributed by atoms with Crippen molar-refractivity contribution in [3.05, 3.63) is 29.8 Å². The van der Waals surface area contributed by atoms with Crippen LogP contribution >= 0.6 is 11.8 Å². The molecule has 3 rings (SSSR count). The van der Waals surface area contributed by atoms with Gasteiger partial charge in [0.05, 0.1) is 11.9 Å². The molecule has 1 saturated carbocycles. The summed E-state index contributed by atoms with van der Waals surface area (Å²) in [7, 11) is 3.88. The lowest BCUT2D eigenvalue weighted by Crippen LogP contribution is -2.44. The van der Waals surface area contributed by atoms with E-state index in [-0.39, 0.29) is 10.7 Å². The molecule has 1 aliphatic heterocycles. The molecule has 0 radical (unpaired) electrons. The van der Waals surface area contributed by atoms with Gasteiger partial charge in [-0.1, -0.05) is 12.1 Å². The third-order valence-electron chi connectivity index (χ3n) is 5.50. The van der Waals surface area contributed by atoms with E-state index in [1.165, 1.54) is 12.0 Å². The summed E-state index contributed by atoms with van der Waals surface area (Å²) in [5, 5.41) is 3.24. The lowest BCUT2D eigenvalue weighted by Gasteiger charge is -2.40. The second-order valence-corrected chi connectivity index (χ2v) is 8.20. The molecule has 132 valence electrons. The molecule has 2 aliphatic rings. The van der Waals surface area contributed by atoms with E-state index >= 15 is 0 Å². The molecule has 1 N–H and O–H groups in total. The number of piperidine rings is 1. The second-order valence-electron chi connectivity index (χ2n) is 7.01. The van der Waals surface area contributed by atoms with Gasteiger partial charge in [0.2, 0.25) is 5.91 Å². The maximum atomic E-state index is 12.4.